The minimum atomic E-state index is -4.88. The molecular weight excluding hydrogens is 607 g/mol. The number of benzene rings is 3. The SMILES string of the molecule is CCCNC(=O)C(CC)N(Cc1ccc(OC)cc1)C(=O)CN(c1ccc(Cl)c(C(F)(F)F)c1)S(=O)(=O)c1ccccc1. The molecule has 3 rings (SSSR count). The fraction of sp³-hybridized carbons (Fsp3) is 0.333. The second-order valence-corrected chi connectivity index (χ2v) is 11.8. The summed E-state index contributed by atoms with van der Waals surface area (Å²) in [4.78, 5) is 28.2. The average Bonchev–Trinajstić information content (AvgIpc) is 2.99. The molecule has 0 aromatic heterocycles. The molecule has 43 heavy (non-hydrogen) atoms. The minimum absolute atomic E-state index is 0.0749. The Balaban J connectivity index is 2.12. The fourth-order valence-corrected chi connectivity index (χ4v) is 6.00. The summed E-state index contributed by atoms with van der Waals surface area (Å²) in [6.45, 7) is 2.98. The third-order valence-corrected chi connectivity index (χ3v) is 8.72. The topological polar surface area (TPSA) is 96.0 Å². The molecule has 0 saturated heterocycles. The van der Waals surface area contributed by atoms with Crippen molar-refractivity contribution < 1.29 is 35.9 Å². The van der Waals surface area contributed by atoms with E-state index >= 15 is 0 Å². The lowest BCUT2D eigenvalue weighted by Crippen LogP contribution is -2.52. The molecule has 0 saturated carbocycles. The molecule has 0 radical (unpaired) electrons. The molecule has 8 nitrogen and oxygen atoms in total. The van der Waals surface area contributed by atoms with E-state index in [0.29, 0.717) is 34.7 Å². The molecule has 0 aliphatic heterocycles. The highest BCUT2D eigenvalue weighted by molar-refractivity contribution is 7.92. The maximum absolute atomic E-state index is 14.0. The van der Waals surface area contributed by atoms with Crippen molar-refractivity contribution >= 4 is 39.1 Å². The molecule has 0 aliphatic carbocycles. The van der Waals surface area contributed by atoms with Gasteiger partial charge >= 0.3 is 6.18 Å². The van der Waals surface area contributed by atoms with Crippen LogP contribution in [0.4, 0.5) is 18.9 Å². The Kier molecular flexibility index (Phi) is 11.5. The number of nitrogens with zero attached hydrogens (tertiary/aromatic N) is 2. The van der Waals surface area contributed by atoms with Crippen LogP contribution in [0.25, 0.3) is 0 Å². The molecule has 1 unspecified atom stereocenters. The first-order chi connectivity index (χ1) is 20.3. The monoisotopic (exact) mass is 639 g/mol. The summed E-state index contributed by atoms with van der Waals surface area (Å²) in [7, 11) is -3.05. The largest absolute Gasteiger partial charge is 0.497 e. The Morgan fingerprint density at radius 2 is 1.65 bits per heavy atom. The molecule has 1 atom stereocenters. The van der Waals surface area contributed by atoms with Gasteiger partial charge in [0.1, 0.15) is 18.3 Å². The van der Waals surface area contributed by atoms with Gasteiger partial charge in [0.25, 0.3) is 10.0 Å². The molecule has 0 bridgehead atoms. The molecule has 0 spiro atoms. The lowest BCUT2D eigenvalue weighted by Gasteiger charge is -2.33. The number of methoxy groups -OCH3 is 1. The van der Waals surface area contributed by atoms with E-state index < -0.39 is 56.9 Å². The molecule has 3 aromatic rings. The summed E-state index contributed by atoms with van der Waals surface area (Å²) in [5.41, 5.74) is -1.05. The average molecular weight is 640 g/mol. The summed E-state index contributed by atoms with van der Waals surface area (Å²) in [5, 5.41) is 2.14. The van der Waals surface area contributed by atoms with Crippen LogP contribution in [-0.4, -0.2) is 51.4 Å². The molecule has 13 heteroatoms. The first-order valence-electron chi connectivity index (χ1n) is 13.5. The Hall–Kier alpha value is -3.77. The summed E-state index contributed by atoms with van der Waals surface area (Å²) in [6.07, 6.45) is -4.04. The lowest BCUT2D eigenvalue weighted by molar-refractivity contribution is -0.140. The number of carbonyl (C=O) groups excluding carboxylic acids is 2. The van der Waals surface area contributed by atoms with Crippen molar-refractivity contribution in [3.05, 3.63) is 88.9 Å². The van der Waals surface area contributed by atoms with Gasteiger partial charge in [-0.1, -0.05) is 55.8 Å². The van der Waals surface area contributed by atoms with E-state index in [-0.39, 0.29) is 17.9 Å². The number of hydrogen-bond acceptors (Lipinski definition) is 5. The van der Waals surface area contributed by atoms with Crippen molar-refractivity contribution in [1.82, 2.24) is 10.2 Å². The Labute approximate surface area is 254 Å². The van der Waals surface area contributed by atoms with E-state index in [1.807, 2.05) is 6.92 Å². The highest BCUT2D eigenvalue weighted by Gasteiger charge is 2.37. The lowest BCUT2D eigenvalue weighted by atomic mass is 10.1. The molecule has 0 aliphatic rings. The quantitative estimate of drug-likeness (QED) is 0.251. The molecule has 2 amide bonds. The van der Waals surface area contributed by atoms with Crippen LogP contribution in [0.5, 0.6) is 5.75 Å². The van der Waals surface area contributed by atoms with E-state index in [1.165, 1.54) is 36.3 Å². The number of hydrogen-bond donors (Lipinski definition) is 1. The van der Waals surface area contributed by atoms with Gasteiger partial charge in [0.15, 0.2) is 0 Å². The zero-order valence-electron chi connectivity index (χ0n) is 23.9. The second kappa shape index (κ2) is 14.6. The van der Waals surface area contributed by atoms with Crippen molar-refractivity contribution in [2.45, 2.75) is 50.3 Å². The van der Waals surface area contributed by atoms with E-state index in [2.05, 4.69) is 5.32 Å². The van der Waals surface area contributed by atoms with Crippen molar-refractivity contribution in [3.8, 4) is 5.75 Å². The maximum atomic E-state index is 14.0. The third-order valence-electron chi connectivity index (χ3n) is 6.60. The molecular formula is C30H33ClF3N3O5S. The van der Waals surface area contributed by atoms with E-state index in [0.717, 1.165) is 12.1 Å². The third kappa shape index (κ3) is 8.41. The zero-order valence-corrected chi connectivity index (χ0v) is 25.5. The number of sulfonamides is 1. The van der Waals surface area contributed by atoms with Crippen LogP contribution in [0.1, 0.15) is 37.8 Å². The van der Waals surface area contributed by atoms with Gasteiger partial charge in [0, 0.05) is 13.1 Å². The van der Waals surface area contributed by atoms with Gasteiger partial charge in [0.2, 0.25) is 11.8 Å². The first kappa shape index (κ1) is 33.7. The van der Waals surface area contributed by atoms with Crippen molar-refractivity contribution in [2.75, 3.05) is 24.5 Å². The summed E-state index contributed by atoms with van der Waals surface area (Å²) in [5.74, 6) is -0.662. The van der Waals surface area contributed by atoms with Crippen molar-refractivity contribution in [1.29, 1.82) is 0 Å². The van der Waals surface area contributed by atoms with Crippen LogP contribution in [0.15, 0.2) is 77.7 Å². The van der Waals surface area contributed by atoms with Gasteiger partial charge < -0.3 is 15.0 Å². The highest BCUT2D eigenvalue weighted by atomic mass is 35.5. The maximum Gasteiger partial charge on any atom is 0.417 e. The van der Waals surface area contributed by atoms with Gasteiger partial charge in [-0.2, -0.15) is 13.2 Å². The summed E-state index contributed by atoms with van der Waals surface area (Å²) >= 11 is 5.81. The van der Waals surface area contributed by atoms with E-state index in [9.17, 15) is 31.2 Å². The fourth-order valence-electron chi connectivity index (χ4n) is 4.35. The summed E-state index contributed by atoms with van der Waals surface area (Å²) in [6, 6.07) is 15.4. The first-order valence-corrected chi connectivity index (χ1v) is 15.3. The number of carbonyl (C=O) groups is 2. The zero-order chi connectivity index (χ0) is 31.8. The predicted octanol–water partition coefficient (Wildman–Crippen LogP) is 5.90. The number of nitrogens with one attached hydrogen (secondary N) is 1. The Morgan fingerprint density at radius 1 is 1.00 bits per heavy atom. The second-order valence-electron chi connectivity index (χ2n) is 9.57. The van der Waals surface area contributed by atoms with Gasteiger partial charge in [-0.05, 0) is 60.9 Å². The van der Waals surface area contributed by atoms with Crippen LogP contribution in [-0.2, 0) is 32.3 Å². The number of alkyl halides is 3. The predicted molar refractivity (Wildman–Crippen MR) is 158 cm³/mol. The van der Waals surface area contributed by atoms with Gasteiger partial charge in [-0.3, -0.25) is 13.9 Å². The van der Waals surface area contributed by atoms with Crippen LogP contribution >= 0.6 is 11.6 Å². The smallest absolute Gasteiger partial charge is 0.417 e. The molecule has 0 fully saturated rings. The normalized spacial score (nSPS) is 12.3. The minimum Gasteiger partial charge on any atom is -0.497 e. The van der Waals surface area contributed by atoms with Crippen LogP contribution in [0.2, 0.25) is 5.02 Å². The van der Waals surface area contributed by atoms with Crippen molar-refractivity contribution in [2.24, 2.45) is 0 Å². The van der Waals surface area contributed by atoms with Crippen LogP contribution < -0.4 is 14.4 Å². The number of halogens is 4. The molecule has 0 heterocycles. The van der Waals surface area contributed by atoms with Crippen molar-refractivity contribution in [3.63, 3.8) is 0 Å². The van der Waals surface area contributed by atoms with Crippen LogP contribution in [0.3, 0.4) is 0 Å². The number of rotatable bonds is 13. The van der Waals surface area contributed by atoms with E-state index in [4.69, 9.17) is 16.3 Å². The number of anilines is 1. The molecule has 3 aromatic carbocycles. The number of amides is 2. The van der Waals surface area contributed by atoms with E-state index in [1.54, 1.807) is 37.3 Å². The summed E-state index contributed by atoms with van der Waals surface area (Å²) < 4.78 is 74.7. The Morgan fingerprint density at radius 3 is 2.21 bits per heavy atom. The molecule has 1 N–H and O–H groups in total. The highest BCUT2D eigenvalue weighted by Crippen LogP contribution is 2.38. The van der Waals surface area contributed by atoms with Gasteiger partial charge in [-0.15, -0.1) is 0 Å². The van der Waals surface area contributed by atoms with Gasteiger partial charge in [-0.25, -0.2) is 8.42 Å². The number of ether oxygens (including phenoxy) is 1. The van der Waals surface area contributed by atoms with Crippen LogP contribution in [0, 0.1) is 0 Å². The molecule has 232 valence electrons. The standard InChI is InChI=1S/C30H33ClF3N3O5S/c1-4-17-35-29(39)27(5-2)36(19-21-11-14-23(42-3)15-12-21)28(38)20-37(43(40,41)24-9-7-6-8-10-24)22-13-16-26(31)25(18-22)30(32,33)34/h6-16,18,27H,4-5,17,19-20H2,1-3H3,(H,35,39). The van der Waals surface area contributed by atoms with Gasteiger partial charge in [0.05, 0.1) is 28.3 Å². The Bertz CT molecular complexity index is 1500.